The van der Waals surface area contributed by atoms with E-state index < -0.39 is 18.7 Å². The van der Waals surface area contributed by atoms with E-state index in [-0.39, 0.29) is 18.0 Å². The Morgan fingerprint density at radius 1 is 1.38 bits per heavy atom. The van der Waals surface area contributed by atoms with Crippen molar-refractivity contribution in [3.05, 3.63) is 40.9 Å². The third-order valence-corrected chi connectivity index (χ3v) is 3.30. The first-order valence-corrected chi connectivity index (χ1v) is 7.01. The van der Waals surface area contributed by atoms with Crippen molar-refractivity contribution in [2.45, 2.75) is 26.6 Å². The number of carbonyl (C=O) groups is 1. The van der Waals surface area contributed by atoms with Gasteiger partial charge in [0, 0.05) is 18.8 Å². The van der Waals surface area contributed by atoms with Gasteiger partial charge in [0.2, 0.25) is 5.88 Å². The molecule has 0 aliphatic carbocycles. The summed E-state index contributed by atoms with van der Waals surface area (Å²) in [5.41, 5.74) is 1.34. The molecule has 0 unspecified atom stereocenters. The number of amides is 1. The molecule has 0 aromatic carbocycles. The van der Waals surface area contributed by atoms with Crippen LogP contribution in [0.3, 0.4) is 0 Å². The Kier molecular flexibility index (Phi) is 5.10. The van der Waals surface area contributed by atoms with Crippen molar-refractivity contribution in [3.8, 4) is 5.88 Å². The maximum atomic E-state index is 12.5. The summed E-state index contributed by atoms with van der Waals surface area (Å²) >= 11 is 0. The first-order chi connectivity index (χ1) is 11.2. The molecule has 9 heteroatoms. The first-order valence-electron chi connectivity index (χ1n) is 7.01. The molecule has 2 rings (SSSR count). The Morgan fingerprint density at radius 3 is 2.67 bits per heavy atom. The molecule has 2 aromatic rings. The molecule has 130 valence electrons. The smallest absolute Gasteiger partial charge is 0.422 e. The van der Waals surface area contributed by atoms with Crippen LogP contribution in [0.25, 0.3) is 0 Å². The molecular formula is C15H16F3N3O3. The zero-order valence-electron chi connectivity index (χ0n) is 13.3. The highest BCUT2D eigenvalue weighted by Crippen LogP contribution is 2.22. The third-order valence-electron chi connectivity index (χ3n) is 3.30. The van der Waals surface area contributed by atoms with E-state index in [2.05, 4.69) is 14.9 Å². The van der Waals surface area contributed by atoms with Gasteiger partial charge in [-0.25, -0.2) is 4.98 Å². The zero-order chi connectivity index (χ0) is 17.9. The van der Waals surface area contributed by atoms with E-state index >= 15 is 0 Å². The Bertz CT molecular complexity index is 709. The number of ether oxygens (including phenoxy) is 1. The van der Waals surface area contributed by atoms with Gasteiger partial charge in [0.15, 0.2) is 6.61 Å². The minimum atomic E-state index is -4.51. The molecule has 0 bridgehead atoms. The molecule has 0 aliphatic rings. The molecule has 0 atom stereocenters. The molecule has 0 radical (unpaired) electrons. The van der Waals surface area contributed by atoms with Crippen LogP contribution in [-0.2, 0) is 6.54 Å². The summed E-state index contributed by atoms with van der Waals surface area (Å²) in [6.07, 6.45) is -3.25. The average molecular weight is 343 g/mol. The largest absolute Gasteiger partial charge is 0.467 e. The number of hydrogen-bond donors (Lipinski definition) is 0. The standard InChI is InChI=1S/C15H16F3N3O3/c1-9-12(10(2)24-20-9)7-21(3)14(22)11-5-4-6-19-13(11)23-8-15(16,17)18/h4-6H,7-8H2,1-3H3. The highest BCUT2D eigenvalue weighted by molar-refractivity contribution is 5.96. The number of aromatic nitrogens is 2. The topological polar surface area (TPSA) is 68.5 Å². The second kappa shape index (κ2) is 6.90. The van der Waals surface area contributed by atoms with Gasteiger partial charge in [0.1, 0.15) is 11.3 Å². The Hall–Kier alpha value is -2.58. The lowest BCUT2D eigenvalue weighted by molar-refractivity contribution is -0.154. The molecule has 0 saturated carbocycles. The number of carbonyl (C=O) groups excluding carboxylic acids is 1. The van der Waals surface area contributed by atoms with Crippen LogP contribution in [0.1, 0.15) is 27.4 Å². The lowest BCUT2D eigenvalue weighted by Gasteiger charge is -2.18. The Balaban J connectivity index is 2.17. The number of hydrogen-bond acceptors (Lipinski definition) is 5. The van der Waals surface area contributed by atoms with Crippen molar-refractivity contribution < 1.29 is 27.2 Å². The van der Waals surface area contributed by atoms with Crippen LogP contribution in [0, 0.1) is 13.8 Å². The number of rotatable bonds is 5. The third kappa shape index (κ3) is 4.24. The summed E-state index contributed by atoms with van der Waals surface area (Å²) < 4.78 is 46.6. The number of aryl methyl sites for hydroxylation is 2. The monoisotopic (exact) mass is 343 g/mol. The minimum Gasteiger partial charge on any atom is -0.467 e. The molecular weight excluding hydrogens is 327 g/mol. The predicted molar refractivity (Wildman–Crippen MR) is 77.6 cm³/mol. The molecule has 0 aliphatic heterocycles. The summed E-state index contributed by atoms with van der Waals surface area (Å²) in [4.78, 5) is 17.6. The van der Waals surface area contributed by atoms with Crippen molar-refractivity contribution in [1.29, 1.82) is 0 Å². The van der Waals surface area contributed by atoms with Gasteiger partial charge >= 0.3 is 6.18 Å². The summed E-state index contributed by atoms with van der Waals surface area (Å²) in [7, 11) is 1.52. The van der Waals surface area contributed by atoms with Gasteiger partial charge < -0.3 is 14.2 Å². The number of alkyl halides is 3. The molecule has 1 amide bonds. The van der Waals surface area contributed by atoms with Crippen molar-refractivity contribution in [2.75, 3.05) is 13.7 Å². The molecule has 0 spiro atoms. The zero-order valence-corrected chi connectivity index (χ0v) is 13.3. The quantitative estimate of drug-likeness (QED) is 0.835. The van der Waals surface area contributed by atoms with Crippen molar-refractivity contribution in [1.82, 2.24) is 15.0 Å². The summed E-state index contributed by atoms with van der Waals surface area (Å²) in [6, 6.07) is 2.82. The van der Waals surface area contributed by atoms with E-state index in [0.717, 1.165) is 5.56 Å². The molecule has 24 heavy (non-hydrogen) atoms. The molecule has 0 N–H and O–H groups in total. The second-order valence-corrected chi connectivity index (χ2v) is 5.22. The second-order valence-electron chi connectivity index (χ2n) is 5.22. The van der Waals surface area contributed by atoms with E-state index in [1.54, 1.807) is 13.8 Å². The average Bonchev–Trinajstić information content (AvgIpc) is 2.83. The van der Waals surface area contributed by atoms with E-state index in [0.29, 0.717) is 11.5 Å². The van der Waals surface area contributed by atoms with Crippen LogP contribution >= 0.6 is 0 Å². The summed E-state index contributed by atoms with van der Waals surface area (Å²) in [5, 5.41) is 3.80. The van der Waals surface area contributed by atoms with Crippen LogP contribution in [-0.4, -0.2) is 40.8 Å². The van der Waals surface area contributed by atoms with E-state index in [1.165, 1.54) is 30.3 Å². The van der Waals surface area contributed by atoms with Crippen molar-refractivity contribution >= 4 is 5.91 Å². The lowest BCUT2D eigenvalue weighted by Crippen LogP contribution is -2.28. The lowest BCUT2D eigenvalue weighted by atomic mass is 10.1. The fraction of sp³-hybridized carbons (Fsp3) is 0.400. The van der Waals surface area contributed by atoms with Crippen LogP contribution in [0.15, 0.2) is 22.9 Å². The predicted octanol–water partition coefficient (Wildman–Crippen LogP) is 2.90. The van der Waals surface area contributed by atoms with Crippen LogP contribution in [0.5, 0.6) is 5.88 Å². The molecule has 2 heterocycles. The van der Waals surface area contributed by atoms with Gasteiger partial charge in [-0.15, -0.1) is 0 Å². The van der Waals surface area contributed by atoms with Crippen molar-refractivity contribution in [2.24, 2.45) is 0 Å². The summed E-state index contributed by atoms with van der Waals surface area (Å²) in [5.74, 6) is -0.294. The van der Waals surface area contributed by atoms with Crippen LogP contribution in [0.2, 0.25) is 0 Å². The molecule has 6 nitrogen and oxygen atoms in total. The van der Waals surface area contributed by atoms with Gasteiger partial charge in [0.25, 0.3) is 5.91 Å². The fourth-order valence-electron chi connectivity index (χ4n) is 2.06. The normalized spacial score (nSPS) is 11.4. The SMILES string of the molecule is Cc1noc(C)c1CN(C)C(=O)c1cccnc1OCC(F)(F)F. The first kappa shape index (κ1) is 17.8. The number of pyridine rings is 1. The molecule has 0 fully saturated rings. The highest BCUT2D eigenvalue weighted by atomic mass is 19.4. The number of nitrogens with zero attached hydrogens (tertiary/aromatic N) is 3. The van der Waals surface area contributed by atoms with Crippen LogP contribution < -0.4 is 4.74 Å². The van der Waals surface area contributed by atoms with E-state index in [4.69, 9.17) is 4.52 Å². The Morgan fingerprint density at radius 2 is 2.08 bits per heavy atom. The van der Waals surface area contributed by atoms with Crippen LogP contribution in [0.4, 0.5) is 13.2 Å². The molecule has 2 aromatic heterocycles. The summed E-state index contributed by atoms with van der Waals surface area (Å²) in [6.45, 7) is 2.15. The van der Waals surface area contributed by atoms with Gasteiger partial charge in [-0.1, -0.05) is 5.16 Å². The Labute approximate surface area is 136 Å². The maximum Gasteiger partial charge on any atom is 0.422 e. The van der Waals surface area contributed by atoms with Gasteiger partial charge in [-0.05, 0) is 26.0 Å². The van der Waals surface area contributed by atoms with Gasteiger partial charge in [-0.2, -0.15) is 13.2 Å². The minimum absolute atomic E-state index is 0.0454. The fourth-order valence-corrected chi connectivity index (χ4v) is 2.06. The highest BCUT2D eigenvalue weighted by Gasteiger charge is 2.30. The number of halogens is 3. The maximum absolute atomic E-state index is 12.5. The van der Waals surface area contributed by atoms with E-state index in [1.807, 2.05) is 0 Å². The van der Waals surface area contributed by atoms with Gasteiger partial charge in [0.05, 0.1) is 12.2 Å². The molecule has 0 saturated heterocycles. The van der Waals surface area contributed by atoms with E-state index in [9.17, 15) is 18.0 Å². The van der Waals surface area contributed by atoms with Crippen molar-refractivity contribution in [3.63, 3.8) is 0 Å². The van der Waals surface area contributed by atoms with Gasteiger partial charge in [-0.3, -0.25) is 4.79 Å².